The van der Waals surface area contributed by atoms with Crippen LogP contribution in [0.2, 0.25) is 0 Å². The van der Waals surface area contributed by atoms with Crippen LogP contribution in [0.15, 0.2) is 30.3 Å². The van der Waals surface area contributed by atoms with E-state index in [-0.39, 0.29) is 31.2 Å². The van der Waals surface area contributed by atoms with Crippen molar-refractivity contribution in [3.63, 3.8) is 0 Å². The topological polar surface area (TPSA) is 131 Å². The van der Waals surface area contributed by atoms with E-state index in [0.717, 1.165) is 5.56 Å². The minimum absolute atomic E-state index is 0.00856. The first-order valence-corrected chi connectivity index (χ1v) is 10.9. The van der Waals surface area contributed by atoms with Gasteiger partial charge in [0.05, 0.1) is 19.8 Å². The Morgan fingerprint density at radius 1 is 1.15 bits per heavy atom. The molecule has 11 heteroatoms. The number of aliphatic hydroxyl groups excluding tert-OH is 1. The van der Waals surface area contributed by atoms with Gasteiger partial charge in [0.25, 0.3) is 0 Å². The number of aliphatic hydroxyl groups is 1. The molecule has 2 saturated heterocycles. The Labute approximate surface area is 195 Å². The van der Waals surface area contributed by atoms with E-state index in [9.17, 15) is 14.7 Å². The van der Waals surface area contributed by atoms with Crippen LogP contribution in [0.25, 0.3) is 0 Å². The molecule has 1 aromatic carbocycles. The number of fused-ring (bicyclic) bond motifs is 1. The highest BCUT2D eigenvalue weighted by Crippen LogP contribution is 2.47. The third kappa shape index (κ3) is 4.41. The summed E-state index contributed by atoms with van der Waals surface area (Å²) in [7, 11) is 0. The first-order valence-electron chi connectivity index (χ1n) is 10.9. The smallest absolute Gasteiger partial charge is 0.384 e. The van der Waals surface area contributed by atoms with Gasteiger partial charge in [0.2, 0.25) is 5.69 Å². The van der Waals surface area contributed by atoms with Crippen molar-refractivity contribution in [2.75, 3.05) is 19.8 Å². The summed E-state index contributed by atoms with van der Waals surface area (Å²) < 4.78 is 29.6. The Balaban J connectivity index is 1.72. The Bertz CT molecular complexity index is 1110. The largest absolute Gasteiger partial charge is 0.461 e. The van der Waals surface area contributed by atoms with Gasteiger partial charge in [-0.3, -0.25) is 0 Å². The summed E-state index contributed by atoms with van der Waals surface area (Å²) in [6.45, 7) is 5.00. The van der Waals surface area contributed by atoms with Gasteiger partial charge in [0, 0.05) is 11.5 Å². The van der Waals surface area contributed by atoms with Gasteiger partial charge in [0.1, 0.15) is 24.0 Å². The van der Waals surface area contributed by atoms with Crippen molar-refractivity contribution < 1.29 is 38.4 Å². The molecule has 2 fully saturated rings. The highest BCUT2D eigenvalue weighted by atomic mass is 16.8. The maximum Gasteiger partial charge on any atom is 0.384 e. The summed E-state index contributed by atoms with van der Waals surface area (Å²) in [6.07, 6.45) is -3.04. The molecule has 2 aliphatic heterocycles. The number of hydrogen-bond donors (Lipinski definition) is 1. The average Bonchev–Trinajstić information content (AvgIpc) is 3.50. The molecule has 180 valence electrons. The standard InChI is InChI=1S/C23H25N3O8/c1-4-30-17(28)12-11-15-18(22(29)31-5-2)24-25-26(15)21-20-19(16(13-27)32-21)33-23(3,34-20)14-9-7-6-8-10-14/h6-10,16,19-21,27H,4-5,13H2,1-3H3/t16-,19-,20-,21-,23-/m1/s1. The maximum atomic E-state index is 12.4. The van der Waals surface area contributed by atoms with Gasteiger partial charge in [-0.05, 0) is 26.7 Å². The van der Waals surface area contributed by atoms with Crippen LogP contribution < -0.4 is 0 Å². The Kier molecular flexibility index (Phi) is 6.95. The lowest BCUT2D eigenvalue weighted by atomic mass is 10.1. The van der Waals surface area contributed by atoms with Crippen molar-refractivity contribution in [2.24, 2.45) is 0 Å². The molecule has 11 nitrogen and oxygen atoms in total. The van der Waals surface area contributed by atoms with Crippen LogP contribution in [-0.4, -0.2) is 70.2 Å². The molecule has 0 spiro atoms. The van der Waals surface area contributed by atoms with Gasteiger partial charge in [0.15, 0.2) is 12.0 Å². The molecule has 4 rings (SSSR count). The van der Waals surface area contributed by atoms with Crippen molar-refractivity contribution in [1.82, 2.24) is 15.0 Å². The van der Waals surface area contributed by atoms with Crippen LogP contribution in [0.4, 0.5) is 0 Å². The lowest BCUT2D eigenvalue weighted by Gasteiger charge is -2.27. The van der Waals surface area contributed by atoms with Gasteiger partial charge in [-0.15, -0.1) is 5.10 Å². The van der Waals surface area contributed by atoms with Crippen molar-refractivity contribution in [3.8, 4) is 11.8 Å². The van der Waals surface area contributed by atoms with Crippen molar-refractivity contribution in [3.05, 3.63) is 47.3 Å². The number of carbonyl (C=O) groups is 2. The number of benzene rings is 1. The number of esters is 2. The first-order chi connectivity index (χ1) is 16.4. The Morgan fingerprint density at radius 2 is 1.85 bits per heavy atom. The third-order valence-corrected chi connectivity index (χ3v) is 5.45. The molecule has 0 amide bonds. The summed E-state index contributed by atoms with van der Waals surface area (Å²) in [4.78, 5) is 24.3. The molecule has 1 aromatic heterocycles. The van der Waals surface area contributed by atoms with Gasteiger partial charge in [-0.25, -0.2) is 14.3 Å². The van der Waals surface area contributed by atoms with Crippen LogP contribution in [0.3, 0.4) is 0 Å². The molecule has 3 heterocycles. The molecule has 0 radical (unpaired) electrons. The van der Waals surface area contributed by atoms with Crippen LogP contribution in [0, 0.1) is 11.8 Å². The number of hydrogen-bond acceptors (Lipinski definition) is 10. The SMILES string of the molecule is CCOC(=O)C#Cc1c(C(=O)OCC)nnn1[C@@H]1O[C@H](CO)[C@H]2O[C@@](C)(c3ccccc3)O[C@H]21. The monoisotopic (exact) mass is 471 g/mol. The van der Waals surface area contributed by atoms with E-state index in [1.807, 2.05) is 30.3 Å². The van der Waals surface area contributed by atoms with E-state index in [1.54, 1.807) is 20.8 Å². The quantitative estimate of drug-likeness (QED) is 0.479. The molecule has 1 N–H and O–H groups in total. The van der Waals surface area contributed by atoms with Gasteiger partial charge in [-0.1, -0.05) is 35.5 Å². The van der Waals surface area contributed by atoms with Crippen LogP contribution in [0.1, 0.15) is 48.7 Å². The second-order valence-corrected chi connectivity index (χ2v) is 7.65. The van der Waals surface area contributed by atoms with E-state index in [4.69, 9.17) is 23.7 Å². The maximum absolute atomic E-state index is 12.4. The van der Waals surface area contributed by atoms with Crippen molar-refractivity contribution in [2.45, 2.75) is 51.1 Å². The van der Waals surface area contributed by atoms with E-state index in [2.05, 4.69) is 22.2 Å². The fraction of sp³-hybridized carbons (Fsp3) is 0.478. The Morgan fingerprint density at radius 3 is 2.53 bits per heavy atom. The zero-order valence-corrected chi connectivity index (χ0v) is 19.0. The molecule has 5 atom stereocenters. The average molecular weight is 471 g/mol. The van der Waals surface area contributed by atoms with E-state index in [0.29, 0.717) is 0 Å². The van der Waals surface area contributed by atoms with Crippen LogP contribution in [0.5, 0.6) is 0 Å². The first kappa shape index (κ1) is 23.8. The second kappa shape index (κ2) is 9.90. The summed E-state index contributed by atoms with van der Waals surface area (Å²) in [5.74, 6) is 2.28. The van der Waals surface area contributed by atoms with Crippen molar-refractivity contribution in [1.29, 1.82) is 0 Å². The number of rotatable bonds is 6. The van der Waals surface area contributed by atoms with Crippen LogP contribution >= 0.6 is 0 Å². The molecular formula is C23H25N3O8. The molecule has 0 bridgehead atoms. The van der Waals surface area contributed by atoms with Crippen LogP contribution in [-0.2, 0) is 34.3 Å². The van der Waals surface area contributed by atoms with Gasteiger partial charge < -0.3 is 28.8 Å². The third-order valence-electron chi connectivity index (χ3n) is 5.45. The molecule has 34 heavy (non-hydrogen) atoms. The number of nitrogens with zero attached hydrogens (tertiary/aromatic N) is 3. The molecule has 2 aromatic rings. The summed E-state index contributed by atoms with van der Waals surface area (Å²) in [5, 5.41) is 17.9. The van der Waals surface area contributed by atoms with E-state index < -0.39 is 42.3 Å². The zero-order chi connectivity index (χ0) is 24.3. The Hall–Kier alpha value is -3.30. The normalized spacial score (nSPS) is 27.5. The predicted octanol–water partition coefficient (Wildman–Crippen LogP) is 0.916. The fourth-order valence-corrected chi connectivity index (χ4v) is 3.95. The van der Waals surface area contributed by atoms with E-state index >= 15 is 0 Å². The molecule has 0 saturated carbocycles. The lowest BCUT2D eigenvalue weighted by molar-refractivity contribution is -0.218. The minimum atomic E-state index is -1.10. The summed E-state index contributed by atoms with van der Waals surface area (Å²) >= 11 is 0. The highest BCUT2D eigenvalue weighted by Gasteiger charge is 2.58. The summed E-state index contributed by atoms with van der Waals surface area (Å²) in [6, 6.07) is 9.35. The molecule has 0 unspecified atom stereocenters. The number of carbonyl (C=O) groups excluding carboxylic acids is 2. The zero-order valence-electron chi connectivity index (χ0n) is 19.0. The predicted molar refractivity (Wildman–Crippen MR) is 114 cm³/mol. The van der Waals surface area contributed by atoms with E-state index in [1.165, 1.54) is 4.68 Å². The summed E-state index contributed by atoms with van der Waals surface area (Å²) in [5.41, 5.74) is 0.592. The fourth-order valence-electron chi connectivity index (χ4n) is 3.95. The van der Waals surface area contributed by atoms with Gasteiger partial charge in [-0.2, -0.15) is 0 Å². The highest BCUT2D eigenvalue weighted by molar-refractivity contribution is 5.92. The number of aromatic nitrogens is 3. The van der Waals surface area contributed by atoms with Gasteiger partial charge >= 0.3 is 11.9 Å². The molecule has 0 aliphatic carbocycles. The number of ether oxygens (including phenoxy) is 5. The minimum Gasteiger partial charge on any atom is -0.461 e. The lowest BCUT2D eigenvalue weighted by Crippen LogP contribution is -2.32. The molecular weight excluding hydrogens is 446 g/mol. The molecule has 2 aliphatic rings. The second-order valence-electron chi connectivity index (χ2n) is 7.65. The van der Waals surface area contributed by atoms with Crippen molar-refractivity contribution >= 4 is 11.9 Å².